The van der Waals surface area contributed by atoms with Crippen LogP contribution in [0.25, 0.3) is 0 Å². The maximum Gasteiger partial charge on any atom is 0.231 e. The summed E-state index contributed by atoms with van der Waals surface area (Å²) in [6.07, 6.45) is 4.77. The number of fused-ring (bicyclic) bond motifs is 1. The summed E-state index contributed by atoms with van der Waals surface area (Å²) in [5.41, 5.74) is 6.61. The second kappa shape index (κ2) is 7.79. The fourth-order valence-corrected chi connectivity index (χ4v) is 4.09. The van der Waals surface area contributed by atoms with E-state index in [2.05, 4.69) is 17.0 Å². The lowest BCUT2D eigenvalue weighted by Crippen LogP contribution is -2.45. The molecule has 0 spiro atoms. The Labute approximate surface area is 143 Å². The van der Waals surface area contributed by atoms with E-state index in [1.54, 1.807) is 0 Å². The molecule has 5 nitrogen and oxygen atoms in total. The van der Waals surface area contributed by atoms with Gasteiger partial charge in [0.2, 0.25) is 11.8 Å². The zero-order valence-electron chi connectivity index (χ0n) is 14.2. The van der Waals surface area contributed by atoms with Crippen molar-refractivity contribution in [3.63, 3.8) is 0 Å². The Balaban J connectivity index is 1.58. The number of hydrogen-bond donors (Lipinski definition) is 1. The maximum atomic E-state index is 12.6. The molecule has 0 bridgehead atoms. The second-order valence-electron chi connectivity index (χ2n) is 7.04. The van der Waals surface area contributed by atoms with E-state index in [0.717, 1.165) is 38.9 Å². The van der Waals surface area contributed by atoms with Crippen LogP contribution in [-0.4, -0.2) is 53.8 Å². The summed E-state index contributed by atoms with van der Waals surface area (Å²) in [4.78, 5) is 28.1. The Kier molecular flexibility index (Phi) is 5.51. The van der Waals surface area contributed by atoms with Crippen molar-refractivity contribution >= 4 is 11.8 Å². The highest BCUT2D eigenvalue weighted by Gasteiger charge is 2.39. The van der Waals surface area contributed by atoms with Gasteiger partial charge in [-0.3, -0.25) is 14.5 Å². The summed E-state index contributed by atoms with van der Waals surface area (Å²) >= 11 is 0. The first-order chi connectivity index (χ1) is 11.6. The molecule has 0 unspecified atom stereocenters. The fraction of sp³-hybridized carbons (Fsp3) is 0.579. The first-order valence-corrected chi connectivity index (χ1v) is 8.97. The number of carbonyl (C=O) groups is 2. The number of nitrogens with two attached hydrogens (primary N) is 1. The third-order valence-electron chi connectivity index (χ3n) is 5.33. The zero-order valence-corrected chi connectivity index (χ0v) is 14.2. The van der Waals surface area contributed by atoms with E-state index in [1.807, 2.05) is 23.1 Å². The normalized spacial score (nSPS) is 24.4. The Morgan fingerprint density at radius 2 is 1.92 bits per heavy atom. The van der Waals surface area contributed by atoms with Crippen LogP contribution in [0.1, 0.15) is 31.2 Å². The molecule has 2 fully saturated rings. The number of likely N-dealkylation sites (tertiary alicyclic amines) is 2. The minimum atomic E-state index is -0.274. The van der Waals surface area contributed by atoms with Gasteiger partial charge >= 0.3 is 0 Å². The molecule has 2 aliphatic heterocycles. The molecule has 0 aromatic heterocycles. The molecule has 0 radical (unpaired) electrons. The smallest absolute Gasteiger partial charge is 0.231 e. The Bertz CT molecular complexity index is 575. The van der Waals surface area contributed by atoms with Gasteiger partial charge in [0.1, 0.15) is 0 Å². The molecule has 2 saturated heterocycles. The number of aryl methyl sites for hydroxylation is 1. The third kappa shape index (κ3) is 4.15. The molecule has 2 N–H and O–H groups in total. The number of benzene rings is 1. The van der Waals surface area contributed by atoms with Crippen LogP contribution in [0, 0.1) is 5.92 Å². The summed E-state index contributed by atoms with van der Waals surface area (Å²) in [5.74, 6) is 0.433. The van der Waals surface area contributed by atoms with Crippen LogP contribution in [0.2, 0.25) is 0 Å². The van der Waals surface area contributed by atoms with E-state index >= 15 is 0 Å². The van der Waals surface area contributed by atoms with E-state index in [9.17, 15) is 9.59 Å². The number of nitrogens with zero attached hydrogens (tertiary/aromatic N) is 2. The number of amides is 2. The molecule has 24 heavy (non-hydrogen) atoms. The minimum Gasteiger partial charge on any atom is -0.369 e. The SMILES string of the molecule is NC(=O)CN1CCCC[C@H]2CN(C(=O)CCc3ccccc3)C[C@H]21. The lowest BCUT2D eigenvalue weighted by atomic mass is 9.98. The second-order valence-corrected chi connectivity index (χ2v) is 7.04. The van der Waals surface area contributed by atoms with Crippen LogP contribution in [0.4, 0.5) is 0 Å². The van der Waals surface area contributed by atoms with Crippen molar-refractivity contribution < 1.29 is 9.59 Å². The van der Waals surface area contributed by atoms with Crippen LogP contribution in [0.15, 0.2) is 30.3 Å². The largest absolute Gasteiger partial charge is 0.369 e. The molecule has 1 aromatic carbocycles. The standard InChI is InChI=1S/C19H27N3O2/c20-18(23)14-21-11-5-4-8-16-12-22(13-17(16)21)19(24)10-9-15-6-2-1-3-7-15/h1-3,6-7,16-17H,4-5,8-14H2,(H2,20,23)/t16-,17+/m0/s1. The number of rotatable bonds is 5. The average molecular weight is 329 g/mol. The Morgan fingerprint density at radius 1 is 1.12 bits per heavy atom. The topological polar surface area (TPSA) is 66.6 Å². The van der Waals surface area contributed by atoms with Crippen molar-refractivity contribution in [1.29, 1.82) is 0 Å². The first-order valence-electron chi connectivity index (χ1n) is 8.97. The van der Waals surface area contributed by atoms with Crippen LogP contribution in [0.5, 0.6) is 0 Å². The molecular weight excluding hydrogens is 302 g/mol. The van der Waals surface area contributed by atoms with Gasteiger partial charge in [0.15, 0.2) is 0 Å². The molecule has 0 aliphatic carbocycles. The van der Waals surface area contributed by atoms with Gasteiger partial charge in [0.05, 0.1) is 6.54 Å². The molecule has 130 valence electrons. The van der Waals surface area contributed by atoms with Gasteiger partial charge in [-0.1, -0.05) is 36.8 Å². The Morgan fingerprint density at radius 3 is 2.67 bits per heavy atom. The molecule has 2 aliphatic rings. The van der Waals surface area contributed by atoms with Crippen LogP contribution in [-0.2, 0) is 16.0 Å². The van der Waals surface area contributed by atoms with Gasteiger partial charge in [0, 0.05) is 25.6 Å². The molecule has 3 rings (SSSR count). The van der Waals surface area contributed by atoms with Crippen LogP contribution >= 0.6 is 0 Å². The van der Waals surface area contributed by atoms with E-state index in [-0.39, 0.29) is 11.8 Å². The minimum absolute atomic E-state index is 0.228. The molecule has 5 heteroatoms. The molecule has 2 heterocycles. The van der Waals surface area contributed by atoms with Gasteiger partial charge in [-0.25, -0.2) is 0 Å². The van der Waals surface area contributed by atoms with Crippen molar-refractivity contribution in [3.8, 4) is 0 Å². The summed E-state index contributed by atoms with van der Waals surface area (Å²) < 4.78 is 0. The van der Waals surface area contributed by atoms with Crippen molar-refractivity contribution in [3.05, 3.63) is 35.9 Å². The summed E-state index contributed by atoms with van der Waals surface area (Å²) in [6, 6.07) is 10.4. The van der Waals surface area contributed by atoms with Crippen molar-refractivity contribution in [2.45, 2.75) is 38.1 Å². The lowest BCUT2D eigenvalue weighted by Gasteiger charge is -2.28. The highest BCUT2D eigenvalue weighted by atomic mass is 16.2. The predicted molar refractivity (Wildman–Crippen MR) is 93.2 cm³/mol. The highest BCUT2D eigenvalue weighted by molar-refractivity contribution is 5.77. The van der Waals surface area contributed by atoms with Crippen LogP contribution < -0.4 is 5.73 Å². The van der Waals surface area contributed by atoms with E-state index in [1.165, 1.54) is 12.0 Å². The predicted octanol–water partition coefficient (Wildman–Crippen LogP) is 1.42. The Hall–Kier alpha value is -1.88. The molecular formula is C19H27N3O2. The van der Waals surface area contributed by atoms with Gasteiger partial charge in [-0.15, -0.1) is 0 Å². The van der Waals surface area contributed by atoms with E-state index < -0.39 is 0 Å². The summed E-state index contributed by atoms with van der Waals surface area (Å²) in [5, 5.41) is 0. The van der Waals surface area contributed by atoms with Gasteiger partial charge in [-0.2, -0.15) is 0 Å². The van der Waals surface area contributed by atoms with Gasteiger partial charge in [-0.05, 0) is 37.3 Å². The van der Waals surface area contributed by atoms with Crippen molar-refractivity contribution in [2.75, 3.05) is 26.2 Å². The quantitative estimate of drug-likeness (QED) is 0.888. The molecule has 1 aromatic rings. The highest BCUT2D eigenvalue weighted by Crippen LogP contribution is 2.30. The number of carbonyl (C=O) groups excluding carboxylic acids is 2. The van der Waals surface area contributed by atoms with Gasteiger partial charge < -0.3 is 10.6 Å². The van der Waals surface area contributed by atoms with E-state index in [0.29, 0.717) is 24.9 Å². The van der Waals surface area contributed by atoms with Gasteiger partial charge in [0.25, 0.3) is 0 Å². The lowest BCUT2D eigenvalue weighted by molar-refractivity contribution is -0.130. The maximum absolute atomic E-state index is 12.6. The fourth-order valence-electron chi connectivity index (χ4n) is 4.09. The molecule has 2 atom stereocenters. The van der Waals surface area contributed by atoms with Crippen LogP contribution in [0.3, 0.4) is 0 Å². The number of hydrogen-bond acceptors (Lipinski definition) is 3. The monoisotopic (exact) mass is 329 g/mol. The first kappa shape index (κ1) is 17.0. The summed E-state index contributed by atoms with van der Waals surface area (Å²) in [6.45, 7) is 2.79. The summed E-state index contributed by atoms with van der Waals surface area (Å²) in [7, 11) is 0. The average Bonchev–Trinajstić information content (AvgIpc) is 2.92. The zero-order chi connectivity index (χ0) is 16.9. The molecule has 0 saturated carbocycles. The third-order valence-corrected chi connectivity index (χ3v) is 5.33. The van der Waals surface area contributed by atoms with Crippen molar-refractivity contribution in [1.82, 2.24) is 9.80 Å². The van der Waals surface area contributed by atoms with E-state index in [4.69, 9.17) is 5.73 Å². The van der Waals surface area contributed by atoms with Crippen molar-refractivity contribution in [2.24, 2.45) is 11.7 Å². The number of primary amides is 1. The molecule has 2 amide bonds.